The third-order valence-electron chi connectivity index (χ3n) is 2.63. The number of pyridine rings is 1. The Morgan fingerprint density at radius 3 is 2.57 bits per heavy atom. The first-order valence-electron chi connectivity index (χ1n) is 7.15. The van der Waals surface area contributed by atoms with Crippen molar-refractivity contribution < 1.29 is 19.4 Å². The van der Waals surface area contributed by atoms with Crippen LogP contribution in [-0.4, -0.2) is 39.8 Å². The van der Waals surface area contributed by atoms with E-state index in [-0.39, 0.29) is 30.4 Å². The number of amides is 1. The molecular formula is C15H19N3O4S. The summed E-state index contributed by atoms with van der Waals surface area (Å²) in [5.74, 6) is 0.165. The number of rotatable bonds is 7. The molecule has 2 rings (SSSR count). The highest BCUT2D eigenvalue weighted by molar-refractivity contribution is 7.13. The van der Waals surface area contributed by atoms with Crippen molar-refractivity contribution in [3.05, 3.63) is 29.3 Å². The third-order valence-corrected chi connectivity index (χ3v) is 3.32. The lowest BCUT2D eigenvalue weighted by Crippen LogP contribution is -2.19. The molecule has 0 aromatic carbocycles. The van der Waals surface area contributed by atoms with E-state index in [9.17, 15) is 4.79 Å². The molecule has 1 atom stereocenters. The minimum absolute atomic E-state index is 0.0945. The molecule has 0 saturated heterocycles. The van der Waals surface area contributed by atoms with Gasteiger partial charge in [0.1, 0.15) is 6.10 Å². The minimum Gasteiger partial charge on any atom is -0.475 e. The summed E-state index contributed by atoms with van der Waals surface area (Å²) in [5.41, 5.74) is 0.339. The Balaban J connectivity index is 2.25. The van der Waals surface area contributed by atoms with Crippen molar-refractivity contribution in [2.24, 2.45) is 0 Å². The molecule has 8 heteroatoms. The Morgan fingerprint density at radius 2 is 2.00 bits per heavy atom. The molecule has 0 unspecified atom stereocenters. The van der Waals surface area contributed by atoms with E-state index in [0.29, 0.717) is 10.7 Å². The number of nitrogens with one attached hydrogen (secondary N) is 1. The van der Waals surface area contributed by atoms with Gasteiger partial charge < -0.3 is 14.6 Å². The molecule has 124 valence electrons. The predicted molar refractivity (Wildman–Crippen MR) is 87.2 cm³/mol. The second-order valence-electron chi connectivity index (χ2n) is 5.10. The number of carbonyl (C=O) groups is 1. The van der Waals surface area contributed by atoms with E-state index in [1.54, 1.807) is 24.6 Å². The second-order valence-corrected chi connectivity index (χ2v) is 6.00. The van der Waals surface area contributed by atoms with E-state index in [2.05, 4.69) is 15.3 Å². The van der Waals surface area contributed by atoms with E-state index in [1.807, 2.05) is 13.8 Å². The largest absolute Gasteiger partial charge is 0.475 e. The first-order chi connectivity index (χ1) is 11.0. The van der Waals surface area contributed by atoms with Crippen LogP contribution in [0.2, 0.25) is 0 Å². The average Bonchev–Trinajstić information content (AvgIpc) is 2.99. The summed E-state index contributed by atoms with van der Waals surface area (Å²) >= 11 is 1.33. The molecule has 0 aliphatic heterocycles. The lowest BCUT2D eigenvalue weighted by molar-refractivity contribution is 0.102. The van der Waals surface area contributed by atoms with Gasteiger partial charge in [-0.2, -0.15) is 4.98 Å². The van der Waals surface area contributed by atoms with Gasteiger partial charge in [-0.05, 0) is 20.8 Å². The van der Waals surface area contributed by atoms with Crippen molar-refractivity contribution >= 4 is 22.4 Å². The zero-order valence-corrected chi connectivity index (χ0v) is 14.0. The van der Waals surface area contributed by atoms with Crippen LogP contribution < -0.4 is 14.8 Å². The van der Waals surface area contributed by atoms with Gasteiger partial charge in [0.25, 0.3) is 5.91 Å². The number of hydrogen-bond acceptors (Lipinski definition) is 7. The van der Waals surface area contributed by atoms with E-state index in [4.69, 9.17) is 14.6 Å². The highest BCUT2D eigenvalue weighted by atomic mass is 32.1. The topological polar surface area (TPSA) is 93.6 Å². The normalized spacial score (nSPS) is 12.0. The fourth-order valence-corrected chi connectivity index (χ4v) is 2.20. The molecule has 23 heavy (non-hydrogen) atoms. The summed E-state index contributed by atoms with van der Waals surface area (Å²) in [5, 5.41) is 14.1. The van der Waals surface area contributed by atoms with E-state index in [1.165, 1.54) is 17.4 Å². The minimum atomic E-state index is -0.438. The van der Waals surface area contributed by atoms with Crippen LogP contribution in [0.3, 0.4) is 0 Å². The van der Waals surface area contributed by atoms with Crippen molar-refractivity contribution in [1.82, 2.24) is 9.97 Å². The Hall–Kier alpha value is -2.19. The van der Waals surface area contributed by atoms with Crippen LogP contribution >= 0.6 is 11.3 Å². The van der Waals surface area contributed by atoms with Crippen molar-refractivity contribution in [3.8, 4) is 11.8 Å². The van der Waals surface area contributed by atoms with Crippen LogP contribution in [0.4, 0.5) is 5.13 Å². The summed E-state index contributed by atoms with van der Waals surface area (Å²) in [4.78, 5) is 20.5. The Labute approximate surface area is 138 Å². The van der Waals surface area contributed by atoms with Crippen LogP contribution in [0.1, 0.15) is 31.1 Å². The molecule has 0 bridgehead atoms. The van der Waals surface area contributed by atoms with Crippen LogP contribution in [-0.2, 0) is 0 Å². The fourth-order valence-electron chi connectivity index (χ4n) is 1.67. The molecule has 0 saturated carbocycles. The average molecular weight is 337 g/mol. The van der Waals surface area contributed by atoms with Gasteiger partial charge in [-0.15, -0.1) is 11.3 Å². The molecule has 2 aromatic heterocycles. The fraction of sp³-hybridized carbons (Fsp3) is 0.400. The number of ether oxygens (including phenoxy) is 2. The molecule has 0 fully saturated rings. The quantitative estimate of drug-likeness (QED) is 0.805. The smallest absolute Gasteiger partial charge is 0.257 e. The monoisotopic (exact) mass is 337 g/mol. The summed E-state index contributed by atoms with van der Waals surface area (Å²) in [6.45, 7) is 5.27. The summed E-state index contributed by atoms with van der Waals surface area (Å²) in [6, 6.07) is 3.04. The molecular weight excluding hydrogens is 318 g/mol. The molecule has 1 amide bonds. The number of hydrogen-bond donors (Lipinski definition) is 2. The number of aliphatic hydroxyl groups excluding tert-OH is 1. The van der Waals surface area contributed by atoms with E-state index in [0.717, 1.165) is 0 Å². The van der Waals surface area contributed by atoms with Gasteiger partial charge >= 0.3 is 0 Å². The van der Waals surface area contributed by atoms with Crippen LogP contribution in [0.5, 0.6) is 11.8 Å². The molecule has 0 aliphatic rings. The third kappa shape index (κ3) is 5.19. The zero-order valence-electron chi connectivity index (χ0n) is 13.1. The lowest BCUT2D eigenvalue weighted by atomic mass is 10.2. The number of thiazole rings is 1. The van der Waals surface area contributed by atoms with Gasteiger partial charge in [-0.1, -0.05) is 0 Å². The lowest BCUT2D eigenvalue weighted by Gasteiger charge is -2.15. The van der Waals surface area contributed by atoms with Crippen molar-refractivity contribution in [3.63, 3.8) is 0 Å². The molecule has 0 radical (unpaired) electrons. The first-order valence-corrected chi connectivity index (χ1v) is 8.03. The van der Waals surface area contributed by atoms with E-state index >= 15 is 0 Å². The molecule has 0 aliphatic carbocycles. The van der Waals surface area contributed by atoms with Crippen LogP contribution in [0, 0.1) is 0 Å². The summed E-state index contributed by atoms with van der Waals surface area (Å²) in [6.07, 6.45) is 1.08. The van der Waals surface area contributed by atoms with Gasteiger partial charge in [0.05, 0.1) is 18.3 Å². The van der Waals surface area contributed by atoms with Gasteiger partial charge in [-0.25, -0.2) is 4.98 Å². The van der Waals surface area contributed by atoms with Crippen molar-refractivity contribution in [2.45, 2.75) is 33.0 Å². The molecule has 7 nitrogen and oxygen atoms in total. The Bertz CT molecular complexity index is 646. The Morgan fingerprint density at radius 1 is 1.30 bits per heavy atom. The summed E-state index contributed by atoms with van der Waals surface area (Å²) in [7, 11) is 0. The number of aliphatic hydroxyl groups is 1. The molecule has 0 spiro atoms. The number of nitrogens with zero attached hydrogens (tertiary/aromatic N) is 2. The van der Waals surface area contributed by atoms with Crippen LogP contribution in [0.25, 0.3) is 0 Å². The number of aromatic nitrogens is 2. The summed E-state index contributed by atoms with van der Waals surface area (Å²) < 4.78 is 11.0. The zero-order chi connectivity index (χ0) is 16.8. The Kier molecular flexibility index (Phi) is 5.89. The highest BCUT2D eigenvalue weighted by Crippen LogP contribution is 2.21. The molecule has 2 N–H and O–H groups in total. The first kappa shape index (κ1) is 17.2. The number of carbonyl (C=O) groups excluding carboxylic acids is 1. The molecule has 2 heterocycles. The maximum absolute atomic E-state index is 12.3. The maximum atomic E-state index is 12.3. The van der Waals surface area contributed by atoms with Gasteiger partial charge in [0, 0.05) is 23.7 Å². The van der Waals surface area contributed by atoms with Crippen molar-refractivity contribution in [2.75, 3.05) is 11.9 Å². The van der Waals surface area contributed by atoms with Gasteiger partial charge in [0.15, 0.2) is 5.13 Å². The predicted octanol–water partition coefficient (Wildman–Crippen LogP) is 2.34. The second kappa shape index (κ2) is 7.89. The van der Waals surface area contributed by atoms with Gasteiger partial charge in [0.2, 0.25) is 11.8 Å². The standard InChI is InChI=1S/C15H19N3O4S/c1-9(2)21-12-6-11(7-13(17-12)22-10(3)8-19)14(20)18-15-16-4-5-23-15/h4-7,9-10,19H,8H2,1-3H3,(H,16,18,20)/t10-/m0/s1. The van der Waals surface area contributed by atoms with Gasteiger partial charge in [-0.3, -0.25) is 10.1 Å². The van der Waals surface area contributed by atoms with Crippen LogP contribution in [0.15, 0.2) is 23.7 Å². The van der Waals surface area contributed by atoms with Crippen molar-refractivity contribution in [1.29, 1.82) is 0 Å². The maximum Gasteiger partial charge on any atom is 0.257 e. The molecule has 2 aromatic rings. The highest BCUT2D eigenvalue weighted by Gasteiger charge is 2.15. The number of anilines is 1. The SMILES string of the molecule is CC(C)Oc1cc(C(=O)Nc2nccs2)cc(O[C@@H](C)CO)n1. The van der Waals surface area contributed by atoms with E-state index < -0.39 is 6.10 Å².